The second kappa shape index (κ2) is 8.00. The van der Waals surface area contributed by atoms with Crippen LogP contribution in [0.5, 0.6) is 0 Å². The number of carbonyl (C=O) groups is 2. The summed E-state index contributed by atoms with van der Waals surface area (Å²) < 4.78 is 5.55. The lowest BCUT2D eigenvalue weighted by molar-refractivity contribution is -0.123. The molecule has 0 unspecified atom stereocenters. The number of nitrogens with one attached hydrogen (secondary N) is 2. The SMILES string of the molecule is CN(Cc1cccnc1)C(=O)OC1CC(c2cc(NC(=O)C(C)(C)C)n[nH]2)C1. The molecule has 3 rings (SSSR count). The van der Waals surface area contributed by atoms with E-state index in [4.69, 9.17) is 4.74 Å². The van der Waals surface area contributed by atoms with Gasteiger partial charge in [-0.05, 0) is 24.5 Å². The predicted molar refractivity (Wildman–Crippen MR) is 105 cm³/mol. The number of ether oxygens (including phenoxy) is 1. The molecule has 28 heavy (non-hydrogen) atoms. The van der Waals surface area contributed by atoms with Gasteiger partial charge in [-0.2, -0.15) is 5.10 Å². The first-order chi connectivity index (χ1) is 13.2. The van der Waals surface area contributed by atoms with Crippen LogP contribution in [0, 0.1) is 5.41 Å². The van der Waals surface area contributed by atoms with Gasteiger partial charge in [0.1, 0.15) is 6.10 Å². The summed E-state index contributed by atoms with van der Waals surface area (Å²) in [6, 6.07) is 5.61. The summed E-state index contributed by atoms with van der Waals surface area (Å²) >= 11 is 0. The fourth-order valence-electron chi connectivity index (χ4n) is 2.89. The number of hydrogen-bond donors (Lipinski definition) is 2. The van der Waals surface area contributed by atoms with Crippen LogP contribution in [0.15, 0.2) is 30.6 Å². The molecule has 0 atom stereocenters. The van der Waals surface area contributed by atoms with Crippen molar-refractivity contribution in [2.45, 2.75) is 52.2 Å². The van der Waals surface area contributed by atoms with Crippen LogP contribution in [0.4, 0.5) is 10.6 Å². The maximum atomic E-state index is 12.2. The van der Waals surface area contributed by atoms with Crippen LogP contribution in [0.2, 0.25) is 0 Å². The minimum Gasteiger partial charge on any atom is -0.446 e. The number of aromatic nitrogens is 3. The highest BCUT2D eigenvalue weighted by molar-refractivity contribution is 5.93. The number of carbonyl (C=O) groups excluding carboxylic acids is 2. The molecule has 2 amide bonds. The molecule has 2 heterocycles. The summed E-state index contributed by atoms with van der Waals surface area (Å²) in [5.74, 6) is 0.684. The standard InChI is InChI=1S/C20H27N5O3/c1-20(2,3)18(26)22-17-10-16(23-24-17)14-8-15(9-14)28-19(27)25(4)12-13-6-5-7-21-11-13/h5-7,10-11,14-15H,8-9,12H2,1-4H3,(H2,22,23,24,26). The highest BCUT2D eigenvalue weighted by Gasteiger charge is 2.35. The third-order valence-electron chi connectivity index (χ3n) is 4.78. The molecule has 0 bridgehead atoms. The third kappa shape index (κ3) is 4.88. The van der Waals surface area contributed by atoms with Gasteiger partial charge in [0, 0.05) is 42.5 Å². The van der Waals surface area contributed by atoms with Crippen LogP contribution in [0.1, 0.15) is 50.8 Å². The lowest BCUT2D eigenvalue weighted by atomic mass is 9.80. The van der Waals surface area contributed by atoms with Gasteiger partial charge in [0.05, 0.1) is 6.54 Å². The quantitative estimate of drug-likeness (QED) is 0.822. The number of hydrogen-bond acceptors (Lipinski definition) is 5. The van der Waals surface area contributed by atoms with Crippen molar-refractivity contribution in [3.8, 4) is 0 Å². The molecule has 0 saturated heterocycles. The van der Waals surface area contributed by atoms with Crippen molar-refractivity contribution < 1.29 is 14.3 Å². The first-order valence-corrected chi connectivity index (χ1v) is 9.40. The van der Waals surface area contributed by atoms with E-state index in [0.717, 1.165) is 24.1 Å². The number of H-pyrrole nitrogens is 1. The molecule has 0 spiro atoms. The van der Waals surface area contributed by atoms with Gasteiger partial charge in [-0.1, -0.05) is 26.8 Å². The van der Waals surface area contributed by atoms with Crippen molar-refractivity contribution in [3.63, 3.8) is 0 Å². The lowest BCUT2D eigenvalue weighted by Crippen LogP contribution is -2.37. The normalized spacial score (nSPS) is 18.9. The van der Waals surface area contributed by atoms with E-state index in [2.05, 4.69) is 20.5 Å². The molecule has 2 aromatic rings. The second-order valence-electron chi connectivity index (χ2n) is 8.30. The van der Waals surface area contributed by atoms with E-state index >= 15 is 0 Å². The summed E-state index contributed by atoms with van der Waals surface area (Å²) in [4.78, 5) is 29.9. The van der Waals surface area contributed by atoms with Crippen molar-refractivity contribution in [2.75, 3.05) is 12.4 Å². The van der Waals surface area contributed by atoms with Gasteiger partial charge in [-0.3, -0.25) is 14.9 Å². The fourth-order valence-corrected chi connectivity index (χ4v) is 2.89. The van der Waals surface area contributed by atoms with Gasteiger partial charge in [-0.25, -0.2) is 4.79 Å². The molecule has 8 heteroatoms. The number of aromatic amines is 1. The lowest BCUT2D eigenvalue weighted by Gasteiger charge is -2.34. The molecule has 0 aromatic carbocycles. The van der Waals surface area contributed by atoms with Crippen LogP contribution in [0.3, 0.4) is 0 Å². The van der Waals surface area contributed by atoms with E-state index in [1.165, 1.54) is 0 Å². The highest BCUT2D eigenvalue weighted by Crippen LogP contribution is 2.38. The Morgan fingerprint density at radius 3 is 2.75 bits per heavy atom. The van der Waals surface area contributed by atoms with Crippen LogP contribution >= 0.6 is 0 Å². The van der Waals surface area contributed by atoms with Crippen LogP contribution in [-0.4, -0.2) is 45.2 Å². The van der Waals surface area contributed by atoms with E-state index in [1.54, 1.807) is 24.3 Å². The summed E-state index contributed by atoms with van der Waals surface area (Å²) in [7, 11) is 1.71. The molecule has 1 fully saturated rings. The first kappa shape index (κ1) is 19.9. The number of rotatable bonds is 5. The first-order valence-electron chi connectivity index (χ1n) is 9.40. The Morgan fingerprint density at radius 1 is 1.36 bits per heavy atom. The Morgan fingerprint density at radius 2 is 2.11 bits per heavy atom. The zero-order valence-electron chi connectivity index (χ0n) is 16.7. The summed E-state index contributed by atoms with van der Waals surface area (Å²) in [5.41, 5.74) is 1.42. The van der Waals surface area contributed by atoms with Crippen molar-refractivity contribution >= 4 is 17.8 Å². The smallest absolute Gasteiger partial charge is 0.410 e. The maximum absolute atomic E-state index is 12.2. The number of anilines is 1. The van der Waals surface area contributed by atoms with Crippen LogP contribution in [-0.2, 0) is 16.1 Å². The fraction of sp³-hybridized carbons (Fsp3) is 0.500. The van der Waals surface area contributed by atoms with Crippen LogP contribution < -0.4 is 5.32 Å². The molecule has 1 aliphatic carbocycles. The summed E-state index contributed by atoms with van der Waals surface area (Å²) in [6.07, 6.45) is 4.46. The monoisotopic (exact) mass is 385 g/mol. The van der Waals surface area contributed by atoms with E-state index in [9.17, 15) is 9.59 Å². The van der Waals surface area contributed by atoms with Gasteiger partial charge in [0.15, 0.2) is 5.82 Å². The molecule has 0 radical (unpaired) electrons. The van der Waals surface area contributed by atoms with Gasteiger partial charge in [-0.15, -0.1) is 0 Å². The van der Waals surface area contributed by atoms with Crippen molar-refractivity contribution in [1.29, 1.82) is 0 Å². The third-order valence-corrected chi connectivity index (χ3v) is 4.78. The Hall–Kier alpha value is -2.90. The van der Waals surface area contributed by atoms with Gasteiger partial charge in [0.2, 0.25) is 5.91 Å². The Kier molecular flexibility index (Phi) is 5.67. The van der Waals surface area contributed by atoms with Crippen molar-refractivity contribution in [3.05, 3.63) is 41.9 Å². The van der Waals surface area contributed by atoms with Crippen molar-refractivity contribution in [2.24, 2.45) is 5.41 Å². The predicted octanol–water partition coefficient (Wildman–Crippen LogP) is 3.30. The average molecular weight is 385 g/mol. The zero-order chi connectivity index (χ0) is 20.3. The molecule has 0 aliphatic heterocycles. The second-order valence-corrected chi connectivity index (χ2v) is 8.30. The number of amides is 2. The van der Waals surface area contributed by atoms with Gasteiger partial charge < -0.3 is 15.0 Å². The summed E-state index contributed by atoms with van der Waals surface area (Å²) in [6.45, 7) is 6.02. The largest absolute Gasteiger partial charge is 0.446 e. The van der Waals surface area contributed by atoms with Gasteiger partial charge in [0.25, 0.3) is 0 Å². The maximum Gasteiger partial charge on any atom is 0.410 e. The molecule has 1 saturated carbocycles. The van der Waals surface area contributed by atoms with E-state index in [1.807, 2.05) is 39.0 Å². The Balaban J connectivity index is 1.44. The van der Waals surface area contributed by atoms with Crippen molar-refractivity contribution in [1.82, 2.24) is 20.1 Å². The molecule has 8 nitrogen and oxygen atoms in total. The molecule has 2 aromatic heterocycles. The Labute approximate surface area is 164 Å². The van der Waals surface area contributed by atoms with Gasteiger partial charge >= 0.3 is 6.09 Å². The van der Waals surface area contributed by atoms with E-state index in [-0.39, 0.29) is 24.0 Å². The molecular formula is C20H27N5O3. The minimum absolute atomic E-state index is 0.0809. The Bertz CT molecular complexity index is 822. The molecule has 2 N–H and O–H groups in total. The summed E-state index contributed by atoms with van der Waals surface area (Å²) in [5, 5.41) is 9.93. The molecular weight excluding hydrogens is 358 g/mol. The molecule has 150 valence electrons. The highest BCUT2D eigenvalue weighted by atomic mass is 16.6. The van der Waals surface area contributed by atoms with E-state index < -0.39 is 5.41 Å². The van der Waals surface area contributed by atoms with E-state index in [0.29, 0.717) is 12.4 Å². The zero-order valence-corrected chi connectivity index (χ0v) is 16.7. The average Bonchev–Trinajstić information content (AvgIpc) is 3.05. The van der Waals surface area contributed by atoms with Crippen LogP contribution in [0.25, 0.3) is 0 Å². The topological polar surface area (TPSA) is 100 Å². The minimum atomic E-state index is -0.475. The number of pyridine rings is 1. The number of nitrogens with zero attached hydrogens (tertiary/aromatic N) is 3. The molecule has 1 aliphatic rings.